The molecule has 0 radical (unpaired) electrons. The Kier molecular flexibility index (Phi) is 5.61. The first-order valence-corrected chi connectivity index (χ1v) is 7.84. The highest BCUT2D eigenvalue weighted by Crippen LogP contribution is 2.17. The number of nitrogens with zero attached hydrogens (tertiary/aromatic N) is 2. The first-order chi connectivity index (χ1) is 10.1. The topological polar surface area (TPSA) is 49.9 Å². The number of amides is 2. The van der Waals surface area contributed by atoms with Crippen LogP contribution in [0.2, 0.25) is 0 Å². The lowest BCUT2D eigenvalue weighted by molar-refractivity contribution is -0.132. The van der Waals surface area contributed by atoms with Crippen LogP contribution in [-0.2, 0) is 16.0 Å². The number of carbonyl (C=O) groups excluding carboxylic acids is 2. The third-order valence-electron chi connectivity index (χ3n) is 3.46. The van der Waals surface area contributed by atoms with E-state index < -0.39 is 0 Å². The molecule has 1 aliphatic heterocycles. The number of halogens is 1. The second-order valence-electron chi connectivity index (χ2n) is 4.83. The first-order valence-electron chi connectivity index (χ1n) is 7.04. The van der Waals surface area contributed by atoms with Crippen LogP contribution in [0, 0.1) is 0 Å². The van der Waals surface area contributed by atoms with Gasteiger partial charge in [-0.15, -0.1) is 0 Å². The Morgan fingerprint density at radius 2 is 1.76 bits per heavy atom. The standard InChI is InChI=1S/C15H19BrN2O3/c1-2-21-15(20)18-9-7-17(8-10-18)14(19)11-12-5-3-4-6-13(12)16/h3-6H,2,7-11H2,1H3. The predicted molar refractivity (Wildman–Crippen MR) is 83.0 cm³/mol. The molecule has 2 rings (SSSR count). The van der Waals surface area contributed by atoms with Gasteiger partial charge in [0.05, 0.1) is 13.0 Å². The molecule has 1 saturated heterocycles. The Morgan fingerprint density at radius 3 is 2.38 bits per heavy atom. The van der Waals surface area contributed by atoms with E-state index in [-0.39, 0.29) is 12.0 Å². The van der Waals surface area contributed by atoms with Crippen molar-refractivity contribution >= 4 is 27.9 Å². The van der Waals surface area contributed by atoms with Crippen LogP contribution in [-0.4, -0.2) is 54.6 Å². The zero-order chi connectivity index (χ0) is 15.2. The summed E-state index contributed by atoms with van der Waals surface area (Å²) in [6.07, 6.45) is 0.0799. The van der Waals surface area contributed by atoms with Crippen LogP contribution in [0.15, 0.2) is 28.7 Å². The van der Waals surface area contributed by atoms with Crippen molar-refractivity contribution in [3.63, 3.8) is 0 Å². The molecule has 21 heavy (non-hydrogen) atoms. The van der Waals surface area contributed by atoms with Gasteiger partial charge in [-0.05, 0) is 18.6 Å². The largest absolute Gasteiger partial charge is 0.450 e. The van der Waals surface area contributed by atoms with E-state index in [0.29, 0.717) is 39.2 Å². The van der Waals surface area contributed by atoms with E-state index in [1.165, 1.54) is 0 Å². The molecule has 114 valence electrons. The van der Waals surface area contributed by atoms with E-state index in [1.807, 2.05) is 24.3 Å². The molecule has 6 heteroatoms. The fourth-order valence-corrected chi connectivity index (χ4v) is 2.69. The van der Waals surface area contributed by atoms with Crippen molar-refractivity contribution in [1.29, 1.82) is 0 Å². The molecule has 0 atom stereocenters. The molecule has 0 saturated carbocycles. The van der Waals surface area contributed by atoms with Crippen LogP contribution in [0.1, 0.15) is 12.5 Å². The highest BCUT2D eigenvalue weighted by atomic mass is 79.9. The average molecular weight is 355 g/mol. The summed E-state index contributed by atoms with van der Waals surface area (Å²) < 4.78 is 5.91. The summed E-state index contributed by atoms with van der Waals surface area (Å²) in [5, 5.41) is 0. The second kappa shape index (κ2) is 7.45. The molecular formula is C15H19BrN2O3. The summed E-state index contributed by atoms with van der Waals surface area (Å²) >= 11 is 3.45. The van der Waals surface area contributed by atoms with Gasteiger partial charge in [0.15, 0.2) is 0 Å². The SMILES string of the molecule is CCOC(=O)N1CCN(C(=O)Cc2ccccc2Br)CC1. The van der Waals surface area contributed by atoms with E-state index in [2.05, 4.69) is 15.9 Å². The maximum atomic E-state index is 12.3. The van der Waals surface area contributed by atoms with Gasteiger partial charge in [-0.25, -0.2) is 4.79 Å². The highest BCUT2D eigenvalue weighted by molar-refractivity contribution is 9.10. The van der Waals surface area contributed by atoms with Crippen LogP contribution in [0.4, 0.5) is 4.79 Å². The monoisotopic (exact) mass is 354 g/mol. The Hall–Kier alpha value is -1.56. The maximum Gasteiger partial charge on any atom is 0.409 e. The third kappa shape index (κ3) is 4.20. The lowest BCUT2D eigenvalue weighted by atomic mass is 10.1. The van der Waals surface area contributed by atoms with Crippen molar-refractivity contribution in [2.45, 2.75) is 13.3 Å². The van der Waals surface area contributed by atoms with Gasteiger partial charge in [0, 0.05) is 30.7 Å². The van der Waals surface area contributed by atoms with Crippen molar-refractivity contribution in [2.75, 3.05) is 32.8 Å². The van der Waals surface area contributed by atoms with Crippen LogP contribution in [0.5, 0.6) is 0 Å². The molecule has 0 aromatic heterocycles. The van der Waals surface area contributed by atoms with Crippen molar-refractivity contribution in [3.05, 3.63) is 34.3 Å². The normalized spacial score (nSPS) is 15.0. The first kappa shape index (κ1) is 15.8. The summed E-state index contributed by atoms with van der Waals surface area (Å²) in [5.74, 6) is 0.0883. The zero-order valence-corrected chi connectivity index (χ0v) is 13.6. The number of benzene rings is 1. The van der Waals surface area contributed by atoms with E-state index in [1.54, 1.807) is 16.7 Å². The van der Waals surface area contributed by atoms with Crippen LogP contribution in [0.3, 0.4) is 0 Å². The number of carbonyl (C=O) groups is 2. The maximum absolute atomic E-state index is 12.3. The molecule has 1 aliphatic rings. The van der Waals surface area contributed by atoms with Gasteiger partial charge < -0.3 is 14.5 Å². The van der Waals surface area contributed by atoms with Crippen LogP contribution in [0.25, 0.3) is 0 Å². The number of hydrogen-bond acceptors (Lipinski definition) is 3. The smallest absolute Gasteiger partial charge is 0.409 e. The summed E-state index contributed by atoms with van der Waals surface area (Å²) in [6, 6.07) is 7.72. The van der Waals surface area contributed by atoms with E-state index >= 15 is 0 Å². The predicted octanol–water partition coefficient (Wildman–Crippen LogP) is 2.29. The summed E-state index contributed by atoms with van der Waals surface area (Å²) in [7, 11) is 0. The van der Waals surface area contributed by atoms with Gasteiger partial charge in [0.25, 0.3) is 0 Å². The van der Waals surface area contributed by atoms with E-state index in [9.17, 15) is 9.59 Å². The summed E-state index contributed by atoms with van der Waals surface area (Å²) in [5.41, 5.74) is 0.982. The van der Waals surface area contributed by atoms with Crippen molar-refractivity contribution in [3.8, 4) is 0 Å². The molecule has 2 amide bonds. The Labute approximate surface area is 133 Å². The summed E-state index contributed by atoms with van der Waals surface area (Å²) in [4.78, 5) is 27.3. The minimum atomic E-state index is -0.296. The fourth-order valence-electron chi connectivity index (χ4n) is 2.27. The van der Waals surface area contributed by atoms with E-state index in [0.717, 1.165) is 10.0 Å². The fraction of sp³-hybridized carbons (Fsp3) is 0.467. The summed E-state index contributed by atoms with van der Waals surface area (Å²) in [6.45, 7) is 4.33. The highest BCUT2D eigenvalue weighted by Gasteiger charge is 2.24. The van der Waals surface area contributed by atoms with Gasteiger partial charge in [-0.3, -0.25) is 4.79 Å². The molecule has 0 aliphatic carbocycles. The number of ether oxygens (including phenoxy) is 1. The van der Waals surface area contributed by atoms with Gasteiger partial charge in [-0.1, -0.05) is 34.1 Å². The van der Waals surface area contributed by atoms with Crippen molar-refractivity contribution in [1.82, 2.24) is 9.80 Å². The average Bonchev–Trinajstić information content (AvgIpc) is 2.50. The number of rotatable bonds is 3. The molecule has 5 nitrogen and oxygen atoms in total. The third-order valence-corrected chi connectivity index (χ3v) is 4.23. The zero-order valence-electron chi connectivity index (χ0n) is 12.0. The Bertz CT molecular complexity index is 513. The quantitative estimate of drug-likeness (QED) is 0.836. The molecule has 0 N–H and O–H groups in total. The van der Waals surface area contributed by atoms with Gasteiger partial charge in [-0.2, -0.15) is 0 Å². The van der Waals surface area contributed by atoms with Crippen LogP contribution >= 0.6 is 15.9 Å². The number of hydrogen-bond donors (Lipinski definition) is 0. The lowest BCUT2D eigenvalue weighted by Crippen LogP contribution is -2.51. The molecule has 0 bridgehead atoms. The molecule has 0 spiro atoms. The number of piperazine rings is 1. The molecule has 1 heterocycles. The molecule has 0 unspecified atom stereocenters. The van der Waals surface area contributed by atoms with Crippen LogP contribution < -0.4 is 0 Å². The Balaban J connectivity index is 1.86. The van der Waals surface area contributed by atoms with Gasteiger partial charge in [0.1, 0.15) is 0 Å². The molecule has 1 aromatic rings. The Morgan fingerprint density at radius 1 is 1.14 bits per heavy atom. The molecule has 1 aromatic carbocycles. The van der Waals surface area contributed by atoms with E-state index in [4.69, 9.17) is 4.74 Å². The van der Waals surface area contributed by atoms with Crippen molar-refractivity contribution < 1.29 is 14.3 Å². The minimum absolute atomic E-state index is 0.0883. The second-order valence-corrected chi connectivity index (χ2v) is 5.69. The van der Waals surface area contributed by atoms with Gasteiger partial charge >= 0.3 is 6.09 Å². The molecule has 1 fully saturated rings. The van der Waals surface area contributed by atoms with Crippen molar-refractivity contribution in [2.24, 2.45) is 0 Å². The lowest BCUT2D eigenvalue weighted by Gasteiger charge is -2.34. The van der Waals surface area contributed by atoms with Gasteiger partial charge in [0.2, 0.25) is 5.91 Å². The minimum Gasteiger partial charge on any atom is -0.450 e. The molecular weight excluding hydrogens is 336 g/mol.